The summed E-state index contributed by atoms with van der Waals surface area (Å²) in [5.41, 5.74) is 7.96. The molecule has 0 atom stereocenters. The molecule has 1 aromatic heterocycles. The standard InChI is InChI=1S/C23H34N4O4/c1-7-8-11-31-20-10-9-18(12-21(20)30-6)23(29)25-24-22(28)13-19-16(4)26-27(17(19)5)14-15(2)3/h9-10,12,15H,7-8,11,13-14H2,1-6H3,(H,24,28)(H,25,29). The van der Waals surface area contributed by atoms with Gasteiger partial charge in [-0.2, -0.15) is 5.10 Å². The molecule has 0 saturated carbocycles. The maximum absolute atomic E-state index is 12.5. The van der Waals surface area contributed by atoms with Crippen LogP contribution >= 0.6 is 0 Å². The summed E-state index contributed by atoms with van der Waals surface area (Å²) in [7, 11) is 1.52. The molecule has 0 fully saturated rings. The van der Waals surface area contributed by atoms with E-state index in [0.717, 1.165) is 36.3 Å². The highest BCUT2D eigenvalue weighted by Crippen LogP contribution is 2.28. The van der Waals surface area contributed by atoms with Crippen LogP contribution in [0.25, 0.3) is 0 Å². The second-order valence-corrected chi connectivity index (χ2v) is 7.97. The van der Waals surface area contributed by atoms with Crippen molar-refractivity contribution in [2.24, 2.45) is 5.92 Å². The molecule has 2 amide bonds. The highest BCUT2D eigenvalue weighted by molar-refractivity contribution is 5.96. The van der Waals surface area contributed by atoms with Crippen LogP contribution in [0, 0.1) is 19.8 Å². The van der Waals surface area contributed by atoms with Gasteiger partial charge < -0.3 is 9.47 Å². The lowest BCUT2D eigenvalue weighted by molar-refractivity contribution is -0.121. The van der Waals surface area contributed by atoms with Crippen LogP contribution in [-0.2, 0) is 17.8 Å². The smallest absolute Gasteiger partial charge is 0.269 e. The van der Waals surface area contributed by atoms with Crippen molar-refractivity contribution >= 4 is 11.8 Å². The normalized spacial score (nSPS) is 10.8. The number of hydrogen-bond acceptors (Lipinski definition) is 5. The number of aryl methyl sites for hydroxylation is 1. The molecule has 0 radical (unpaired) electrons. The van der Waals surface area contributed by atoms with Gasteiger partial charge >= 0.3 is 0 Å². The third-order valence-corrected chi connectivity index (χ3v) is 4.90. The van der Waals surface area contributed by atoms with Crippen LogP contribution < -0.4 is 20.3 Å². The van der Waals surface area contributed by atoms with Gasteiger partial charge in [0.15, 0.2) is 11.5 Å². The molecule has 0 aliphatic rings. The molecule has 2 N–H and O–H groups in total. The lowest BCUT2D eigenvalue weighted by atomic mass is 10.1. The largest absolute Gasteiger partial charge is 0.493 e. The molecule has 0 bridgehead atoms. The molecule has 0 saturated heterocycles. The van der Waals surface area contributed by atoms with E-state index >= 15 is 0 Å². The summed E-state index contributed by atoms with van der Waals surface area (Å²) in [5.74, 6) is 0.769. The summed E-state index contributed by atoms with van der Waals surface area (Å²) in [6.07, 6.45) is 2.11. The van der Waals surface area contributed by atoms with E-state index in [1.165, 1.54) is 7.11 Å². The molecule has 1 heterocycles. The van der Waals surface area contributed by atoms with Crippen LogP contribution in [0.3, 0.4) is 0 Å². The molecule has 0 aliphatic carbocycles. The van der Waals surface area contributed by atoms with Crippen molar-refractivity contribution in [3.05, 3.63) is 40.7 Å². The Morgan fingerprint density at radius 3 is 2.55 bits per heavy atom. The molecule has 8 heteroatoms. The van der Waals surface area contributed by atoms with Crippen LogP contribution in [0.2, 0.25) is 0 Å². The Morgan fingerprint density at radius 1 is 1.16 bits per heavy atom. The Hall–Kier alpha value is -3.03. The summed E-state index contributed by atoms with van der Waals surface area (Å²) in [6, 6.07) is 4.92. The number of benzene rings is 1. The van der Waals surface area contributed by atoms with Gasteiger partial charge in [0, 0.05) is 23.4 Å². The molecule has 31 heavy (non-hydrogen) atoms. The predicted molar refractivity (Wildman–Crippen MR) is 119 cm³/mol. The van der Waals surface area contributed by atoms with Crippen LogP contribution in [0.15, 0.2) is 18.2 Å². The predicted octanol–water partition coefficient (Wildman–Crippen LogP) is 3.35. The minimum absolute atomic E-state index is 0.142. The topological polar surface area (TPSA) is 94.5 Å². The number of hydrazine groups is 1. The van der Waals surface area contributed by atoms with Crippen molar-refractivity contribution in [2.75, 3.05) is 13.7 Å². The molecule has 0 spiro atoms. The Labute approximate surface area is 184 Å². The number of carbonyl (C=O) groups excluding carboxylic acids is 2. The number of ether oxygens (including phenoxy) is 2. The average Bonchev–Trinajstić information content (AvgIpc) is 2.99. The number of unbranched alkanes of at least 4 members (excludes halogenated alkanes) is 1. The quantitative estimate of drug-likeness (QED) is 0.445. The third kappa shape index (κ3) is 6.73. The van der Waals surface area contributed by atoms with Crippen molar-refractivity contribution in [3.8, 4) is 11.5 Å². The average molecular weight is 431 g/mol. The number of carbonyl (C=O) groups is 2. The number of rotatable bonds is 10. The van der Waals surface area contributed by atoms with Crippen LogP contribution in [-0.4, -0.2) is 35.3 Å². The van der Waals surface area contributed by atoms with E-state index in [2.05, 4.69) is 36.7 Å². The second-order valence-electron chi connectivity index (χ2n) is 7.97. The minimum Gasteiger partial charge on any atom is -0.493 e. The number of methoxy groups -OCH3 is 1. The molecule has 0 unspecified atom stereocenters. The van der Waals surface area contributed by atoms with Gasteiger partial charge in [-0.15, -0.1) is 0 Å². The van der Waals surface area contributed by atoms with Crippen molar-refractivity contribution < 1.29 is 19.1 Å². The van der Waals surface area contributed by atoms with E-state index in [1.807, 2.05) is 18.5 Å². The highest BCUT2D eigenvalue weighted by Gasteiger charge is 2.17. The molecule has 170 valence electrons. The molecular formula is C23H34N4O4. The van der Waals surface area contributed by atoms with Gasteiger partial charge in [0.05, 0.1) is 25.8 Å². The first-order chi connectivity index (χ1) is 14.8. The fraction of sp³-hybridized carbons (Fsp3) is 0.522. The van der Waals surface area contributed by atoms with Crippen molar-refractivity contribution in [1.29, 1.82) is 0 Å². The van der Waals surface area contributed by atoms with E-state index in [0.29, 0.717) is 29.6 Å². The minimum atomic E-state index is -0.435. The van der Waals surface area contributed by atoms with Crippen LogP contribution in [0.5, 0.6) is 11.5 Å². The zero-order valence-electron chi connectivity index (χ0n) is 19.4. The van der Waals surface area contributed by atoms with Crippen molar-refractivity contribution in [3.63, 3.8) is 0 Å². The first kappa shape index (κ1) is 24.2. The summed E-state index contributed by atoms with van der Waals surface area (Å²) < 4.78 is 12.9. The van der Waals surface area contributed by atoms with Crippen molar-refractivity contribution in [1.82, 2.24) is 20.6 Å². The van der Waals surface area contributed by atoms with Gasteiger partial charge in [-0.3, -0.25) is 25.1 Å². The maximum atomic E-state index is 12.5. The monoisotopic (exact) mass is 430 g/mol. The summed E-state index contributed by atoms with van der Waals surface area (Å²) in [4.78, 5) is 24.9. The zero-order chi connectivity index (χ0) is 23.0. The fourth-order valence-corrected chi connectivity index (χ4v) is 3.17. The van der Waals surface area contributed by atoms with E-state index < -0.39 is 5.91 Å². The molecule has 1 aromatic carbocycles. The van der Waals surface area contributed by atoms with Gasteiger partial charge in [-0.25, -0.2) is 0 Å². The van der Waals surface area contributed by atoms with E-state index in [9.17, 15) is 9.59 Å². The first-order valence-electron chi connectivity index (χ1n) is 10.7. The number of aromatic nitrogens is 2. The van der Waals surface area contributed by atoms with Gasteiger partial charge in [-0.1, -0.05) is 27.2 Å². The Kier molecular flexibility index (Phi) is 8.90. The lowest BCUT2D eigenvalue weighted by Gasteiger charge is -2.12. The SMILES string of the molecule is CCCCOc1ccc(C(=O)NNC(=O)Cc2c(C)nn(CC(C)C)c2C)cc1OC. The summed E-state index contributed by atoms with van der Waals surface area (Å²) in [6.45, 7) is 11.6. The van der Waals surface area contributed by atoms with Gasteiger partial charge in [0.2, 0.25) is 5.91 Å². The first-order valence-corrected chi connectivity index (χ1v) is 10.7. The third-order valence-electron chi connectivity index (χ3n) is 4.90. The van der Waals surface area contributed by atoms with E-state index in [4.69, 9.17) is 9.47 Å². The molecule has 8 nitrogen and oxygen atoms in total. The highest BCUT2D eigenvalue weighted by atomic mass is 16.5. The Morgan fingerprint density at radius 2 is 1.90 bits per heavy atom. The van der Waals surface area contributed by atoms with Gasteiger partial charge in [0.1, 0.15) is 0 Å². The van der Waals surface area contributed by atoms with Crippen molar-refractivity contribution in [2.45, 2.75) is 60.4 Å². The number of nitrogens with zero attached hydrogens (tertiary/aromatic N) is 2. The molecular weight excluding hydrogens is 396 g/mol. The molecule has 2 rings (SSSR count). The van der Waals surface area contributed by atoms with Crippen LogP contribution in [0.1, 0.15) is 60.9 Å². The Bertz CT molecular complexity index is 905. The van der Waals surface area contributed by atoms with Gasteiger partial charge in [-0.05, 0) is 44.4 Å². The number of amides is 2. The van der Waals surface area contributed by atoms with Crippen LogP contribution in [0.4, 0.5) is 0 Å². The number of nitrogens with one attached hydrogen (secondary N) is 2. The number of hydrogen-bond donors (Lipinski definition) is 2. The summed E-state index contributed by atoms with van der Waals surface area (Å²) >= 11 is 0. The molecule has 2 aromatic rings. The van der Waals surface area contributed by atoms with E-state index in [1.54, 1.807) is 18.2 Å². The molecule has 0 aliphatic heterocycles. The maximum Gasteiger partial charge on any atom is 0.269 e. The second kappa shape index (κ2) is 11.4. The van der Waals surface area contributed by atoms with Gasteiger partial charge in [0.25, 0.3) is 5.91 Å². The zero-order valence-corrected chi connectivity index (χ0v) is 19.4. The van der Waals surface area contributed by atoms with E-state index in [-0.39, 0.29) is 12.3 Å². The lowest BCUT2D eigenvalue weighted by Crippen LogP contribution is -2.42. The Balaban J connectivity index is 1.96. The fourth-order valence-electron chi connectivity index (χ4n) is 3.17. The summed E-state index contributed by atoms with van der Waals surface area (Å²) in [5, 5.41) is 4.52.